The van der Waals surface area contributed by atoms with Crippen molar-refractivity contribution in [3.8, 4) is 11.1 Å². The second-order valence-electron chi connectivity index (χ2n) is 9.01. The Morgan fingerprint density at radius 2 is 1.97 bits per heavy atom. The standard InChI is InChI=1S/C26H26N8O2/c1-36-19-4-2-17(3-5-19)31-25(35)22-15-30-34-11-8-16(12-23(22)34)20-13-28-24-21(20)14-29-26(33-24)32-18-6-9-27-10-7-18/h6-15,17,19H,2-5H2,1H3,(H,31,35)(H2,27,28,29,32,33). The number of pyridine rings is 2. The monoisotopic (exact) mass is 482 g/mol. The Labute approximate surface area is 207 Å². The van der Waals surface area contributed by atoms with E-state index in [1.165, 1.54) is 0 Å². The first-order valence-corrected chi connectivity index (χ1v) is 12.0. The average Bonchev–Trinajstić information content (AvgIpc) is 3.53. The predicted octanol–water partition coefficient (Wildman–Crippen LogP) is 4.10. The Morgan fingerprint density at radius 3 is 2.78 bits per heavy atom. The third-order valence-corrected chi connectivity index (χ3v) is 6.79. The molecule has 36 heavy (non-hydrogen) atoms. The molecule has 0 aliphatic heterocycles. The average molecular weight is 483 g/mol. The molecule has 3 N–H and O–H groups in total. The van der Waals surface area contributed by atoms with Crippen LogP contribution in [0.2, 0.25) is 0 Å². The minimum Gasteiger partial charge on any atom is -0.381 e. The lowest BCUT2D eigenvalue weighted by molar-refractivity contribution is 0.0599. The molecule has 0 bridgehead atoms. The maximum atomic E-state index is 13.1. The van der Waals surface area contributed by atoms with Gasteiger partial charge in [0.25, 0.3) is 5.91 Å². The first-order chi connectivity index (χ1) is 17.7. The number of nitrogens with zero attached hydrogens (tertiary/aromatic N) is 5. The van der Waals surface area contributed by atoms with Gasteiger partial charge in [0.1, 0.15) is 5.65 Å². The van der Waals surface area contributed by atoms with E-state index in [9.17, 15) is 4.79 Å². The predicted molar refractivity (Wildman–Crippen MR) is 136 cm³/mol. The Morgan fingerprint density at radius 1 is 1.14 bits per heavy atom. The van der Waals surface area contributed by atoms with Gasteiger partial charge in [0.2, 0.25) is 5.95 Å². The quantitative estimate of drug-likeness (QED) is 0.333. The van der Waals surface area contributed by atoms with E-state index >= 15 is 0 Å². The van der Waals surface area contributed by atoms with E-state index in [4.69, 9.17) is 4.74 Å². The molecule has 5 heterocycles. The van der Waals surface area contributed by atoms with Gasteiger partial charge in [-0.25, -0.2) is 9.50 Å². The van der Waals surface area contributed by atoms with Crippen LogP contribution < -0.4 is 10.6 Å². The molecule has 0 spiro atoms. The van der Waals surface area contributed by atoms with E-state index in [0.717, 1.165) is 59.0 Å². The highest BCUT2D eigenvalue weighted by Gasteiger charge is 2.24. The van der Waals surface area contributed by atoms with Gasteiger partial charge < -0.3 is 20.4 Å². The molecule has 0 unspecified atom stereocenters. The molecule has 182 valence electrons. The number of amides is 1. The second-order valence-corrected chi connectivity index (χ2v) is 9.01. The molecule has 10 nitrogen and oxygen atoms in total. The molecule has 6 rings (SSSR count). The molecule has 10 heteroatoms. The molecule has 0 atom stereocenters. The fraction of sp³-hybridized carbons (Fsp3) is 0.269. The summed E-state index contributed by atoms with van der Waals surface area (Å²) < 4.78 is 7.17. The second kappa shape index (κ2) is 9.38. The largest absolute Gasteiger partial charge is 0.381 e. The summed E-state index contributed by atoms with van der Waals surface area (Å²) in [6, 6.07) is 7.82. The van der Waals surface area contributed by atoms with Crippen molar-refractivity contribution in [3.05, 3.63) is 67.0 Å². The molecule has 0 radical (unpaired) electrons. The Balaban J connectivity index is 1.25. The van der Waals surface area contributed by atoms with Crippen molar-refractivity contribution < 1.29 is 9.53 Å². The molecular formula is C26H26N8O2. The lowest BCUT2D eigenvalue weighted by Crippen LogP contribution is -2.38. The van der Waals surface area contributed by atoms with Gasteiger partial charge in [0, 0.05) is 60.8 Å². The third kappa shape index (κ3) is 4.27. The summed E-state index contributed by atoms with van der Waals surface area (Å²) in [6.07, 6.45) is 14.7. The molecule has 1 saturated carbocycles. The first-order valence-electron chi connectivity index (χ1n) is 12.0. The van der Waals surface area contributed by atoms with Crippen LogP contribution >= 0.6 is 0 Å². The topological polar surface area (TPSA) is 122 Å². The number of aromatic amines is 1. The van der Waals surface area contributed by atoms with Crippen LogP contribution in [0.4, 0.5) is 11.6 Å². The number of ether oxygens (including phenoxy) is 1. The minimum absolute atomic E-state index is 0.0999. The number of rotatable bonds is 6. The smallest absolute Gasteiger partial charge is 0.255 e. The lowest BCUT2D eigenvalue weighted by Gasteiger charge is -2.28. The number of methoxy groups -OCH3 is 1. The molecule has 5 aromatic heterocycles. The molecule has 1 fully saturated rings. The van der Waals surface area contributed by atoms with E-state index in [1.807, 2.05) is 36.7 Å². The zero-order valence-electron chi connectivity index (χ0n) is 19.8. The number of anilines is 2. The minimum atomic E-state index is -0.0999. The van der Waals surface area contributed by atoms with Crippen molar-refractivity contribution in [3.63, 3.8) is 0 Å². The molecule has 1 aliphatic rings. The molecule has 1 amide bonds. The molecule has 5 aromatic rings. The van der Waals surface area contributed by atoms with Crippen molar-refractivity contribution in [2.75, 3.05) is 12.4 Å². The van der Waals surface area contributed by atoms with Crippen LogP contribution in [0.15, 0.2) is 61.4 Å². The summed E-state index contributed by atoms with van der Waals surface area (Å²) in [5.41, 5.74) is 4.79. The summed E-state index contributed by atoms with van der Waals surface area (Å²) in [6.45, 7) is 0. The number of carbonyl (C=O) groups excluding carboxylic acids is 1. The Kier molecular flexibility index (Phi) is 5.78. The summed E-state index contributed by atoms with van der Waals surface area (Å²) in [4.78, 5) is 29.4. The van der Waals surface area contributed by atoms with Gasteiger partial charge in [0.05, 0.1) is 23.4 Å². The first kappa shape index (κ1) is 22.2. The van der Waals surface area contributed by atoms with Crippen LogP contribution in [-0.2, 0) is 4.74 Å². The van der Waals surface area contributed by atoms with Crippen LogP contribution in [0.25, 0.3) is 27.7 Å². The maximum Gasteiger partial charge on any atom is 0.255 e. The van der Waals surface area contributed by atoms with Crippen molar-refractivity contribution in [1.82, 2.24) is 34.9 Å². The van der Waals surface area contributed by atoms with E-state index in [0.29, 0.717) is 17.6 Å². The zero-order valence-corrected chi connectivity index (χ0v) is 19.8. The van der Waals surface area contributed by atoms with E-state index in [-0.39, 0.29) is 11.9 Å². The van der Waals surface area contributed by atoms with Crippen LogP contribution in [0.5, 0.6) is 0 Å². The summed E-state index contributed by atoms with van der Waals surface area (Å²) >= 11 is 0. The zero-order chi connectivity index (χ0) is 24.5. The van der Waals surface area contributed by atoms with Crippen molar-refractivity contribution in [2.45, 2.75) is 37.8 Å². The molecule has 0 aromatic carbocycles. The van der Waals surface area contributed by atoms with Gasteiger partial charge in [0.15, 0.2) is 0 Å². The normalized spacial score (nSPS) is 17.9. The van der Waals surface area contributed by atoms with Crippen LogP contribution in [0, 0.1) is 0 Å². The summed E-state index contributed by atoms with van der Waals surface area (Å²) in [7, 11) is 1.75. The van der Waals surface area contributed by atoms with Crippen LogP contribution in [0.1, 0.15) is 36.0 Å². The molecule has 1 aliphatic carbocycles. The highest BCUT2D eigenvalue weighted by molar-refractivity contribution is 6.02. The highest BCUT2D eigenvalue weighted by Crippen LogP contribution is 2.30. The van der Waals surface area contributed by atoms with E-state index in [1.54, 1.807) is 36.4 Å². The number of aromatic nitrogens is 6. The maximum absolute atomic E-state index is 13.1. The van der Waals surface area contributed by atoms with Crippen molar-refractivity contribution in [2.24, 2.45) is 0 Å². The van der Waals surface area contributed by atoms with Crippen LogP contribution in [-0.4, -0.2) is 54.7 Å². The Hall–Kier alpha value is -4.31. The summed E-state index contributed by atoms with van der Waals surface area (Å²) in [5, 5.41) is 11.6. The lowest BCUT2D eigenvalue weighted by atomic mass is 9.93. The number of hydrogen-bond acceptors (Lipinski definition) is 7. The number of hydrogen-bond donors (Lipinski definition) is 3. The highest BCUT2D eigenvalue weighted by atomic mass is 16.5. The van der Waals surface area contributed by atoms with Gasteiger partial charge in [-0.1, -0.05) is 0 Å². The van der Waals surface area contributed by atoms with E-state index in [2.05, 4.69) is 35.7 Å². The van der Waals surface area contributed by atoms with E-state index < -0.39 is 0 Å². The van der Waals surface area contributed by atoms with Gasteiger partial charge in [-0.3, -0.25) is 9.78 Å². The number of fused-ring (bicyclic) bond motifs is 2. The van der Waals surface area contributed by atoms with Gasteiger partial charge in [-0.05, 0) is 55.5 Å². The SMILES string of the molecule is COC1CCC(NC(=O)c2cnn3ccc(-c4c[nH]c5nc(Nc6ccncc6)ncc45)cc23)CC1. The number of carbonyl (C=O) groups is 1. The van der Waals surface area contributed by atoms with Gasteiger partial charge >= 0.3 is 0 Å². The van der Waals surface area contributed by atoms with Crippen LogP contribution in [0.3, 0.4) is 0 Å². The van der Waals surface area contributed by atoms with Gasteiger partial charge in [-0.15, -0.1) is 0 Å². The van der Waals surface area contributed by atoms with Crippen molar-refractivity contribution >= 4 is 34.1 Å². The number of nitrogens with one attached hydrogen (secondary N) is 3. The van der Waals surface area contributed by atoms with Gasteiger partial charge in [-0.2, -0.15) is 10.1 Å². The fourth-order valence-electron chi connectivity index (χ4n) is 4.80. The Bertz CT molecular complexity index is 1520. The molecular weight excluding hydrogens is 456 g/mol. The fourth-order valence-corrected chi connectivity index (χ4v) is 4.80. The van der Waals surface area contributed by atoms with Crippen molar-refractivity contribution in [1.29, 1.82) is 0 Å². The molecule has 0 saturated heterocycles. The number of H-pyrrole nitrogens is 1. The summed E-state index contributed by atoms with van der Waals surface area (Å²) in [5.74, 6) is 0.393. The third-order valence-electron chi connectivity index (χ3n) is 6.79.